The quantitative estimate of drug-likeness (QED) is 0.739. The van der Waals surface area contributed by atoms with Crippen LogP contribution in [-0.4, -0.2) is 36.6 Å². The number of aliphatic hydroxyl groups excluding tert-OH is 1. The molecule has 0 aromatic carbocycles. The van der Waals surface area contributed by atoms with Crippen LogP contribution in [0.4, 0.5) is 0 Å². The van der Waals surface area contributed by atoms with E-state index in [9.17, 15) is 5.11 Å². The molecule has 3 atom stereocenters. The van der Waals surface area contributed by atoms with Crippen molar-refractivity contribution >= 4 is 0 Å². The monoisotopic (exact) mass is 284 g/mol. The molecule has 0 bridgehead atoms. The molecule has 3 unspecified atom stereocenters. The Balaban J connectivity index is 1.71. The summed E-state index contributed by atoms with van der Waals surface area (Å²) in [5, 5.41) is 10.5. The molecular formula is C17H32O3. The van der Waals surface area contributed by atoms with E-state index < -0.39 is 0 Å². The van der Waals surface area contributed by atoms with Crippen molar-refractivity contribution in [3.05, 3.63) is 0 Å². The van der Waals surface area contributed by atoms with Crippen LogP contribution in [-0.2, 0) is 9.47 Å². The van der Waals surface area contributed by atoms with Crippen molar-refractivity contribution in [3.8, 4) is 0 Å². The van der Waals surface area contributed by atoms with E-state index in [-0.39, 0.29) is 12.2 Å². The van der Waals surface area contributed by atoms with Crippen LogP contribution < -0.4 is 0 Å². The molecule has 2 fully saturated rings. The predicted molar refractivity (Wildman–Crippen MR) is 80.8 cm³/mol. The third-order valence-electron chi connectivity index (χ3n) is 4.90. The highest BCUT2D eigenvalue weighted by molar-refractivity contribution is 4.80. The smallest absolute Gasteiger partial charge is 0.0861 e. The Morgan fingerprint density at radius 2 is 1.95 bits per heavy atom. The highest BCUT2D eigenvalue weighted by atomic mass is 16.5. The summed E-state index contributed by atoms with van der Waals surface area (Å²) in [6.45, 7) is 3.68. The van der Waals surface area contributed by atoms with Gasteiger partial charge in [0.15, 0.2) is 0 Å². The molecule has 1 aliphatic carbocycles. The van der Waals surface area contributed by atoms with E-state index in [1.165, 1.54) is 44.9 Å². The Kier molecular flexibility index (Phi) is 7.32. The van der Waals surface area contributed by atoms with E-state index >= 15 is 0 Å². The number of aliphatic hydroxyl groups is 1. The largest absolute Gasteiger partial charge is 0.390 e. The summed E-state index contributed by atoms with van der Waals surface area (Å²) >= 11 is 0. The summed E-state index contributed by atoms with van der Waals surface area (Å²) in [6, 6.07) is 0. The number of ether oxygens (including phenoxy) is 2. The molecule has 1 saturated heterocycles. The zero-order valence-corrected chi connectivity index (χ0v) is 13.1. The van der Waals surface area contributed by atoms with Gasteiger partial charge in [-0.3, -0.25) is 0 Å². The van der Waals surface area contributed by atoms with Crippen molar-refractivity contribution < 1.29 is 14.6 Å². The van der Waals surface area contributed by atoms with E-state index in [0.29, 0.717) is 18.6 Å². The lowest BCUT2D eigenvalue weighted by atomic mass is 9.82. The van der Waals surface area contributed by atoms with E-state index in [2.05, 4.69) is 0 Å². The molecule has 0 amide bonds. The topological polar surface area (TPSA) is 38.7 Å². The first-order valence-corrected chi connectivity index (χ1v) is 8.72. The normalized spacial score (nSPS) is 27.6. The molecule has 20 heavy (non-hydrogen) atoms. The van der Waals surface area contributed by atoms with Crippen LogP contribution in [0.15, 0.2) is 0 Å². The lowest BCUT2D eigenvalue weighted by molar-refractivity contribution is -0.0759. The van der Waals surface area contributed by atoms with Gasteiger partial charge in [0.05, 0.1) is 18.3 Å². The van der Waals surface area contributed by atoms with Gasteiger partial charge < -0.3 is 14.6 Å². The highest BCUT2D eigenvalue weighted by Gasteiger charge is 2.30. The molecule has 1 heterocycles. The van der Waals surface area contributed by atoms with Crippen LogP contribution in [0.3, 0.4) is 0 Å². The maximum Gasteiger partial charge on any atom is 0.0861 e. The van der Waals surface area contributed by atoms with Gasteiger partial charge in [0.1, 0.15) is 0 Å². The molecule has 0 spiro atoms. The standard InChI is InChI=1S/C17H32O3/c1-2-19-17(14-8-4-3-5-9-14)16(18)12-6-10-15-11-7-13-20-15/h14-18H,2-13H2,1H3. The second kappa shape index (κ2) is 9.01. The third-order valence-corrected chi connectivity index (χ3v) is 4.90. The fourth-order valence-corrected chi connectivity index (χ4v) is 3.81. The Hall–Kier alpha value is -0.120. The first-order valence-electron chi connectivity index (χ1n) is 8.72. The van der Waals surface area contributed by atoms with Crippen molar-refractivity contribution in [2.75, 3.05) is 13.2 Å². The fraction of sp³-hybridized carbons (Fsp3) is 1.00. The van der Waals surface area contributed by atoms with Gasteiger partial charge in [0.2, 0.25) is 0 Å². The maximum atomic E-state index is 10.5. The molecule has 0 aromatic rings. The molecule has 3 nitrogen and oxygen atoms in total. The second-order valence-corrected chi connectivity index (χ2v) is 6.45. The molecule has 0 aromatic heterocycles. The van der Waals surface area contributed by atoms with Crippen LogP contribution in [0.5, 0.6) is 0 Å². The fourth-order valence-electron chi connectivity index (χ4n) is 3.81. The molecule has 3 heteroatoms. The Bertz CT molecular complexity index is 245. The Labute approximate surface area is 124 Å². The molecule has 1 N–H and O–H groups in total. The van der Waals surface area contributed by atoms with Gasteiger partial charge in [-0.2, -0.15) is 0 Å². The van der Waals surface area contributed by atoms with E-state index in [1.807, 2.05) is 6.92 Å². The van der Waals surface area contributed by atoms with Crippen LogP contribution in [0, 0.1) is 5.92 Å². The summed E-state index contributed by atoms with van der Waals surface area (Å²) in [6.07, 6.45) is 12.1. The third kappa shape index (κ3) is 5.01. The van der Waals surface area contributed by atoms with Gasteiger partial charge in [0.25, 0.3) is 0 Å². The molecule has 1 saturated carbocycles. The molecule has 1 aliphatic heterocycles. The van der Waals surface area contributed by atoms with Crippen LogP contribution in [0.2, 0.25) is 0 Å². The van der Waals surface area contributed by atoms with Gasteiger partial charge in [-0.1, -0.05) is 19.3 Å². The zero-order chi connectivity index (χ0) is 14.2. The molecule has 118 valence electrons. The second-order valence-electron chi connectivity index (χ2n) is 6.45. The van der Waals surface area contributed by atoms with Crippen molar-refractivity contribution in [3.63, 3.8) is 0 Å². The van der Waals surface area contributed by atoms with Gasteiger partial charge in [-0.25, -0.2) is 0 Å². The summed E-state index contributed by atoms with van der Waals surface area (Å²) in [4.78, 5) is 0. The van der Waals surface area contributed by atoms with Crippen molar-refractivity contribution in [2.45, 2.75) is 89.4 Å². The van der Waals surface area contributed by atoms with Gasteiger partial charge in [0, 0.05) is 13.2 Å². The van der Waals surface area contributed by atoms with Gasteiger partial charge >= 0.3 is 0 Å². The van der Waals surface area contributed by atoms with Gasteiger partial charge in [-0.15, -0.1) is 0 Å². The van der Waals surface area contributed by atoms with Crippen molar-refractivity contribution in [1.82, 2.24) is 0 Å². The first kappa shape index (κ1) is 16.3. The summed E-state index contributed by atoms with van der Waals surface area (Å²) in [5.74, 6) is 0.571. The molecular weight excluding hydrogens is 252 g/mol. The molecule has 2 aliphatic rings. The summed E-state index contributed by atoms with van der Waals surface area (Å²) in [5.41, 5.74) is 0. The van der Waals surface area contributed by atoms with Crippen LogP contribution in [0.1, 0.15) is 71.1 Å². The SMILES string of the molecule is CCOC(C(O)CCCC1CCCO1)C1CCCCC1. The average molecular weight is 284 g/mol. The predicted octanol–water partition coefficient (Wildman–Crippen LogP) is 3.68. The Morgan fingerprint density at radius 1 is 1.15 bits per heavy atom. The maximum absolute atomic E-state index is 10.5. The number of hydrogen-bond donors (Lipinski definition) is 1. The van der Waals surface area contributed by atoms with Crippen LogP contribution >= 0.6 is 0 Å². The zero-order valence-electron chi connectivity index (χ0n) is 13.1. The Morgan fingerprint density at radius 3 is 2.60 bits per heavy atom. The average Bonchev–Trinajstić information content (AvgIpc) is 2.99. The van der Waals surface area contributed by atoms with Crippen molar-refractivity contribution in [2.24, 2.45) is 5.92 Å². The first-order chi connectivity index (χ1) is 9.81. The van der Waals surface area contributed by atoms with E-state index in [0.717, 1.165) is 25.9 Å². The minimum absolute atomic E-state index is 0.0600. The molecule has 2 rings (SSSR count). The van der Waals surface area contributed by atoms with E-state index in [4.69, 9.17) is 9.47 Å². The van der Waals surface area contributed by atoms with Gasteiger partial charge in [-0.05, 0) is 57.8 Å². The summed E-state index contributed by atoms with van der Waals surface area (Å²) in [7, 11) is 0. The minimum Gasteiger partial charge on any atom is -0.390 e. The lowest BCUT2D eigenvalue weighted by Gasteiger charge is -2.33. The van der Waals surface area contributed by atoms with E-state index in [1.54, 1.807) is 0 Å². The summed E-state index contributed by atoms with van der Waals surface area (Å²) < 4.78 is 11.5. The number of hydrogen-bond acceptors (Lipinski definition) is 3. The van der Waals surface area contributed by atoms with Crippen LogP contribution in [0.25, 0.3) is 0 Å². The minimum atomic E-state index is -0.292. The highest BCUT2D eigenvalue weighted by Crippen LogP contribution is 2.31. The number of rotatable bonds is 8. The lowest BCUT2D eigenvalue weighted by Crippen LogP contribution is -2.37. The van der Waals surface area contributed by atoms with Crippen molar-refractivity contribution in [1.29, 1.82) is 0 Å². The molecule has 0 radical (unpaired) electrons.